The predicted molar refractivity (Wildman–Crippen MR) is 96.4 cm³/mol. The monoisotopic (exact) mass is 371 g/mol. The SMILES string of the molecule is Cc1ccccc1C(=O)n1cc(C)c(=O)c(C)c1-c1c(F)cc(F)cc1F. The van der Waals surface area contributed by atoms with Crippen LogP contribution in [0.5, 0.6) is 0 Å². The molecule has 0 aliphatic carbocycles. The summed E-state index contributed by atoms with van der Waals surface area (Å²) in [6.07, 6.45) is 1.25. The van der Waals surface area contributed by atoms with Crippen LogP contribution in [0.3, 0.4) is 0 Å². The van der Waals surface area contributed by atoms with Gasteiger partial charge in [0.2, 0.25) is 0 Å². The molecule has 138 valence electrons. The number of rotatable bonds is 2. The van der Waals surface area contributed by atoms with E-state index in [1.165, 1.54) is 20.0 Å². The van der Waals surface area contributed by atoms with Gasteiger partial charge in [0.25, 0.3) is 5.91 Å². The highest BCUT2D eigenvalue weighted by Gasteiger charge is 2.24. The van der Waals surface area contributed by atoms with Gasteiger partial charge in [0, 0.05) is 35.0 Å². The van der Waals surface area contributed by atoms with Crippen LogP contribution in [0.4, 0.5) is 13.2 Å². The molecule has 0 N–H and O–H groups in total. The second-order valence-corrected chi connectivity index (χ2v) is 6.35. The van der Waals surface area contributed by atoms with Crippen molar-refractivity contribution in [2.24, 2.45) is 0 Å². The summed E-state index contributed by atoms with van der Waals surface area (Å²) in [4.78, 5) is 25.5. The highest BCUT2D eigenvalue weighted by atomic mass is 19.1. The van der Waals surface area contributed by atoms with E-state index in [2.05, 4.69) is 0 Å². The van der Waals surface area contributed by atoms with Crippen molar-refractivity contribution in [3.63, 3.8) is 0 Å². The molecule has 0 aliphatic rings. The first kappa shape index (κ1) is 18.6. The maximum absolute atomic E-state index is 14.4. The Hall–Kier alpha value is -3.15. The number of aromatic nitrogens is 1. The van der Waals surface area contributed by atoms with Crippen LogP contribution >= 0.6 is 0 Å². The maximum Gasteiger partial charge on any atom is 0.262 e. The van der Waals surface area contributed by atoms with E-state index in [0.29, 0.717) is 23.3 Å². The highest BCUT2D eigenvalue weighted by molar-refractivity contribution is 6.00. The number of aryl methyl sites for hydroxylation is 2. The summed E-state index contributed by atoms with van der Waals surface area (Å²) in [7, 11) is 0. The van der Waals surface area contributed by atoms with Crippen molar-refractivity contribution in [3.8, 4) is 11.3 Å². The summed E-state index contributed by atoms with van der Waals surface area (Å²) < 4.78 is 43.2. The molecule has 3 rings (SSSR count). The average molecular weight is 371 g/mol. The molecule has 3 aromatic rings. The number of hydrogen-bond donors (Lipinski definition) is 0. The largest absolute Gasteiger partial charge is 0.289 e. The minimum atomic E-state index is -1.19. The van der Waals surface area contributed by atoms with Gasteiger partial charge in [-0.2, -0.15) is 0 Å². The van der Waals surface area contributed by atoms with Gasteiger partial charge in [0.1, 0.15) is 17.5 Å². The summed E-state index contributed by atoms with van der Waals surface area (Å²) in [5.74, 6) is -4.01. The predicted octanol–water partition coefficient (Wildman–Crippen LogP) is 4.55. The van der Waals surface area contributed by atoms with Gasteiger partial charge in [0.05, 0.1) is 11.3 Å². The van der Waals surface area contributed by atoms with E-state index in [0.717, 1.165) is 4.57 Å². The van der Waals surface area contributed by atoms with Crippen LogP contribution in [0.25, 0.3) is 11.3 Å². The lowest BCUT2D eigenvalue weighted by molar-refractivity contribution is 0.0960. The Morgan fingerprint density at radius 1 is 0.926 bits per heavy atom. The van der Waals surface area contributed by atoms with Gasteiger partial charge >= 0.3 is 0 Å². The lowest BCUT2D eigenvalue weighted by atomic mass is 10.0. The van der Waals surface area contributed by atoms with Crippen LogP contribution in [-0.2, 0) is 0 Å². The minimum Gasteiger partial charge on any atom is -0.289 e. The fraction of sp³-hybridized carbons (Fsp3) is 0.143. The van der Waals surface area contributed by atoms with Gasteiger partial charge in [0.15, 0.2) is 5.43 Å². The fourth-order valence-corrected chi connectivity index (χ4v) is 3.08. The molecule has 3 nitrogen and oxygen atoms in total. The molecule has 0 amide bonds. The van der Waals surface area contributed by atoms with Gasteiger partial charge < -0.3 is 0 Å². The second kappa shape index (κ2) is 6.87. The number of hydrogen-bond acceptors (Lipinski definition) is 2. The second-order valence-electron chi connectivity index (χ2n) is 6.35. The van der Waals surface area contributed by atoms with E-state index in [-0.39, 0.29) is 16.8 Å². The number of benzene rings is 2. The average Bonchev–Trinajstić information content (AvgIpc) is 2.60. The zero-order chi connectivity index (χ0) is 19.9. The zero-order valence-electron chi connectivity index (χ0n) is 14.9. The molecular weight excluding hydrogens is 355 g/mol. The van der Waals surface area contributed by atoms with Crippen molar-refractivity contribution in [1.82, 2.24) is 4.57 Å². The summed E-state index contributed by atoms with van der Waals surface area (Å²) in [5.41, 5.74) is -0.0437. The molecule has 6 heteroatoms. The molecule has 0 atom stereocenters. The fourth-order valence-electron chi connectivity index (χ4n) is 3.08. The van der Waals surface area contributed by atoms with E-state index in [4.69, 9.17) is 0 Å². The Kier molecular flexibility index (Phi) is 4.74. The molecule has 0 fully saturated rings. The summed E-state index contributed by atoms with van der Waals surface area (Å²) in [6, 6.07) is 7.78. The summed E-state index contributed by atoms with van der Waals surface area (Å²) in [6.45, 7) is 4.63. The molecule has 0 bridgehead atoms. The van der Waals surface area contributed by atoms with Crippen molar-refractivity contribution in [1.29, 1.82) is 0 Å². The van der Waals surface area contributed by atoms with Crippen LogP contribution in [0.1, 0.15) is 27.0 Å². The van der Waals surface area contributed by atoms with E-state index in [9.17, 15) is 22.8 Å². The quantitative estimate of drug-likeness (QED) is 0.663. The Bertz CT molecular complexity index is 1110. The Labute approximate surface area is 153 Å². The minimum absolute atomic E-state index is 0.00124. The van der Waals surface area contributed by atoms with Gasteiger partial charge in [-0.3, -0.25) is 14.2 Å². The van der Waals surface area contributed by atoms with E-state index in [1.54, 1.807) is 31.2 Å². The number of halogens is 3. The maximum atomic E-state index is 14.4. The molecule has 0 saturated carbocycles. The molecule has 0 saturated heterocycles. The van der Waals surface area contributed by atoms with Gasteiger partial charge in [-0.25, -0.2) is 13.2 Å². The normalized spacial score (nSPS) is 10.9. The summed E-state index contributed by atoms with van der Waals surface area (Å²) in [5, 5.41) is 0. The number of nitrogens with zero attached hydrogens (tertiary/aromatic N) is 1. The molecule has 2 aromatic carbocycles. The Morgan fingerprint density at radius 2 is 1.52 bits per heavy atom. The van der Waals surface area contributed by atoms with Crippen molar-refractivity contribution >= 4 is 5.91 Å². The first-order chi connectivity index (χ1) is 12.7. The third-order valence-corrected chi connectivity index (χ3v) is 4.46. The van der Waals surface area contributed by atoms with Crippen LogP contribution in [0.15, 0.2) is 47.4 Å². The van der Waals surface area contributed by atoms with E-state index in [1.807, 2.05) is 0 Å². The smallest absolute Gasteiger partial charge is 0.262 e. The van der Waals surface area contributed by atoms with Crippen molar-refractivity contribution < 1.29 is 18.0 Å². The van der Waals surface area contributed by atoms with Gasteiger partial charge in [-0.1, -0.05) is 18.2 Å². The number of carbonyl (C=O) groups is 1. The molecule has 0 unspecified atom stereocenters. The lowest BCUT2D eigenvalue weighted by Gasteiger charge is -2.18. The summed E-state index contributed by atoms with van der Waals surface area (Å²) >= 11 is 0. The zero-order valence-corrected chi connectivity index (χ0v) is 14.9. The molecular formula is C21H16F3NO2. The van der Waals surface area contributed by atoms with E-state index < -0.39 is 34.4 Å². The number of pyridine rings is 1. The first-order valence-electron chi connectivity index (χ1n) is 8.20. The Balaban J connectivity index is 2.39. The van der Waals surface area contributed by atoms with Crippen LogP contribution in [0.2, 0.25) is 0 Å². The molecule has 0 radical (unpaired) electrons. The van der Waals surface area contributed by atoms with Crippen LogP contribution < -0.4 is 5.43 Å². The topological polar surface area (TPSA) is 39.1 Å². The van der Waals surface area contributed by atoms with Crippen molar-refractivity contribution in [3.05, 3.63) is 92.5 Å². The molecule has 27 heavy (non-hydrogen) atoms. The van der Waals surface area contributed by atoms with Crippen LogP contribution in [0, 0.1) is 38.2 Å². The van der Waals surface area contributed by atoms with Gasteiger partial charge in [-0.05, 0) is 32.4 Å². The molecule has 0 aliphatic heterocycles. The molecule has 1 aromatic heterocycles. The van der Waals surface area contributed by atoms with Crippen molar-refractivity contribution in [2.45, 2.75) is 20.8 Å². The third kappa shape index (κ3) is 3.18. The number of carbonyl (C=O) groups excluding carboxylic acids is 1. The molecule has 1 heterocycles. The lowest BCUT2D eigenvalue weighted by Crippen LogP contribution is -2.23. The van der Waals surface area contributed by atoms with E-state index >= 15 is 0 Å². The third-order valence-electron chi connectivity index (χ3n) is 4.46. The van der Waals surface area contributed by atoms with Gasteiger partial charge in [-0.15, -0.1) is 0 Å². The van der Waals surface area contributed by atoms with Crippen molar-refractivity contribution in [2.75, 3.05) is 0 Å². The highest BCUT2D eigenvalue weighted by Crippen LogP contribution is 2.29. The Morgan fingerprint density at radius 3 is 2.11 bits per heavy atom. The first-order valence-corrected chi connectivity index (χ1v) is 8.20. The standard InChI is InChI=1S/C21H16F3NO2/c1-11-6-4-5-7-15(11)21(27)25-10-12(2)20(26)13(3)19(25)18-16(23)8-14(22)9-17(18)24/h4-10H,1-3H3. The molecule has 0 spiro atoms. The van der Waals surface area contributed by atoms with Crippen LogP contribution in [-0.4, -0.2) is 10.5 Å².